The zero-order chi connectivity index (χ0) is 11.0. The molecule has 86 valence electrons. The van der Waals surface area contributed by atoms with E-state index >= 15 is 0 Å². The van der Waals surface area contributed by atoms with Gasteiger partial charge in [0.05, 0.1) is 0 Å². The van der Waals surface area contributed by atoms with Gasteiger partial charge in [0, 0.05) is 18.4 Å². The predicted octanol–water partition coefficient (Wildman–Crippen LogP) is 2.63. The maximum atomic E-state index is 4.38. The topological polar surface area (TPSA) is 37.8 Å². The van der Waals surface area contributed by atoms with Crippen molar-refractivity contribution in [1.29, 1.82) is 0 Å². The highest BCUT2D eigenvalue weighted by Gasteiger charge is 2.41. The van der Waals surface area contributed by atoms with Gasteiger partial charge in [-0.05, 0) is 56.4 Å². The molecule has 1 heterocycles. The lowest BCUT2D eigenvalue weighted by Crippen LogP contribution is -2.19. The van der Waals surface area contributed by atoms with Gasteiger partial charge >= 0.3 is 0 Å². The van der Waals surface area contributed by atoms with E-state index in [0.717, 1.165) is 35.9 Å². The summed E-state index contributed by atoms with van der Waals surface area (Å²) in [4.78, 5) is 8.63. The van der Waals surface area contributed by atoms with Gasteiger partial charge in [0.2, 0.25) is 5.95 Å². The smallest absolute Gasteiger partial charge is 0.222 e. The number of aryl methyl sites for hydroxylation is 1. The Labute approximate surface area is 96.7 Å². The van der Waals surface area contributed by atoms with E-state index in [9.17, 15) is 0 Å². The van der Waals surface area contributed by atoms with E-state index in [4.69, 9.17) is 0 Å². The maximum Gasteiger partial charge on any atom is 0.222 e. The number of hydrogen-bond acceptors (Lipinski definition) is 3. The van der Waals surface area contributed by atoms with Crippen LogP contribution in [-0.2, 0) is 0 Å². The zero-order valence-electron chi connectivity index (χ0n) is 9.82. The summed E-state index contributed by atoms with van der Waals surface area (Å²) in [6.07, 6.45) is 7.60. The van der Waals surface area contributed by atoms with E-state index in [1.54, 1.807) is 0 Å². The normalized spacial score (nSPS) is 20.1. The average Bonchev–Trinajstić information content (AvgIpc) is 3.13. The largest absolute Gasteiger partial charge is 0.354 e. The molecule has 0 spiro atoms. The van der Waals surface area contributed by atoms with Crippen LogP contribution in [0.3, 0.4) is 0 Å². The summed E-state index contributed by atoms with van der Waals surface area (Å²) in [7, 11) is 0. The van der Waals surface area contributed by atoms with Crippen LogP contribution >= 0.6 is 0 Å². The van der Waals surface area contributed by atoms with Gasteiger partial charge in [-0.15, -0.1) is 0 Å². The third kappa shape index (κ3) is 2.34. The van der Waals surface area contributed by atoms with Crippen LogP contribution < -0.4 is 5.32 Å². The van der Waals surface area contributed by atoms with E-state index < -0.39 is 0 Å². The van der Waals surface area contributed by atoms with E-state index in [0.29, 0.717) is 0 Å². The van der Waals surface area contributed by atoms with Crippen molar-refractivity contribution in [3.8, 4) is 0 Å². The molecular formula is C13H19N3. The molecule has 3 nitrogen and oxygen atoms in total. The second kappa shape index (κ2) is 4.04. The van der Waals surface area contributed by atoms with E-state index in [1.165, 1.54) is 25.7 Å². The van der Waals surface area contributed by atoms with Gasteiger partial charge in [-0.2, -0.15) is 0 Å². The molecule has 0 atom stereocenters. The summed E-state index contributed by atoms with van der Waals surface area (Å²) in [5, 5.41) is 3.41. The van der Waals surface area contributed by atoms with E-state index in [1.807, 2.05) is 19.2 Å². The van der Waals surface area contributed by atoms with Crippen molar-refractivity contribution in [3.63, 3.8) is 0 Å². The monoisotopic (exact) mass is 217 g/mol. The summed E-state index contributed by atoms with van der Waals surface area (Å²) in [5.41, 5.74) is 1.03. The Bertz CT molecular complexity index is 357. The molecule has 0 aliphatic heterocycles. The first kappa shape index (κ1) is 10.1. The van der Waals surface area contributed by atoms with Gasteiger partial charge in [0.1, 0.15) is 0 Å². The molecule has 0 radical (unpaired) electrons. The number of hydrogen-bond donors (Lipinski definition) is 1. The molecule has 3 heteroatoms. The van der Waals surface area contributed by atoms with Crippen molar-refractivity contribution in [1.82, 2.24) is 9.97 Å². The Morgan fingerprint density at radius 1 is 1.31 bits per heavy atom. The minimum atomic E-state index is 0.798. The predicted molar refractivity (Wildman–Crippen MR) is 64.2 cm³/mol. The molecule has 3 rings (SSSR count). The van der Waals surface area contributed by atoms with Gasteiger partial charge in [-0.1, -0.05) is 0 Å². The highest BCUT2D eigenvalue weighted by molar-refractivity contribution is 5.25. The van der Waals surface area contributed by atoms with Crippen LogP contribution in [0.2, 0.25) is 0 Å². The lowest BCUT2D eigenvalue weighted by atomic mass is 9.98. The molecule has 0 amide bonds. The molecule has 0 saturated heterocycles. The fraction of sp³-hybridized carbons (Fsp3) is 0.692. The fourth-order valence-corrected chi connectivity index (χ4v) is 2.51. The molecule has 1 aromatic rings. The summed E-state index contributed by atoms with van der Waals surface area (Å²) >= 11 is 0. The minimum absolute atomic E-state index is 0.798. The first-order valence-electron chi connectivity index (χ1n) is 6.36. The Hall–Kier alpha value is -1.12. The van der Waals surface area contributed by atoms with Gasteiger partial charge in [0.15, 0.2) is 0 Å². The minimum Gasteiger partial charge on any atom is -0.354 e. The van der Waals surface area contributed by atoms with Crippen molar-refractivity contribution in [2.45, 2.75) is 32.6 Å². The number of aromatic nitrogens is 2. The van der Waals surface area contributed by atoms with Crippen LogP contribution in [0.25, 0.3) is 0 Å². The number of nitrogens with one attached hydrogen (secondary N) is 1. The summed E-state index contributed by atoms with van der Waals surface area (Å²) in [6.45, 7) is 3.07. The molecule has 16 heavy (non-hydrogen) atoms. The number of nitrogens with zero attached hydrogens (tertiary/aromatic N) is 2. The third-order valence-corrected chi connectivity index (χ3v) is 3.75. The van der Waals surface area contributed by atoms with Crippen LogP contribution in [0.5, 0.6) is 0 Å². The lowest BCUT2D eigenvalue weighted by molar-refractivity contribution is 0.427. The summed E-state index contributed by atoms with van der Waals surface area (Å²) < 4.78 is 0. The molecule has 1 N–H and O–H groups in total. The average molecular weight is 217 g/mol. The highest BCUT2D eigenvalue weighted by atomic mass is 15.1. The third-order valence-electron chi connectivity index (χ3n) is 3.75. The maximum absolute atomic E-state index is 4.38. The second-order valence-corrected chi connectivity index (χ2v) is 5.24. The first-order valence-corrected chi connectivity index (χ1v) is 6.36. The van der Waals surface area contributed by atoms with Crippen LogP contribution in [-0.4, -0.2) is 16.5 Å². The summed E-state index contributed by atoms with van der Waals surface area (Å²) in [6, 6.07) is 1.93. The Morgan fingerprint density at radius 2 is 2.00 bits per heavy atom. The molecule has 2 aliphatic carbocycles. The zero-order valence-corrected chi connectivity index (χ0v) is 9.82. The molecular weight excluding hydrogens is 198 g/mol. The lowest BCUT2D eigenvalue weighted by Gasteiger charge is -2.16. The van der Waals surface area contributed by atoms with Gasteiger partial charge in [0.25, 0.3) is 0 Å². The van der Waals surface area contributed by atoms with Gasteiger partial charge in [-0.25, -0.2) is 9.97 Å². The first-order chi connectivity index (χ1) is 7.83. The highest BCUT2D eigenvalue weighted by Crippen LogP contribution is 2.49. The van der Waals surface area contributed by atoms with Crippen LogP contribution in [0.4, 0.5) is 5.95 Å². The fourth-order valence-electron chi connectivity index (χ4n) is 2.51. The molecule has 2 saturated carbocycles. The summed E-state index contributed by atoms with van der Waals surface area (Å²) in [5.74, 6) is 3.66. The van der Waals surface area contributed by atoms with Crippen LogP contribution in [0.1, 0.15) is 31.4 Å². The van der Waals surface area contributed by atoms with Gasteiger partial charge < -0.3 is 5.32 Å². The van der Waals surface area contributed by atoms with Crippen molar-refractivity contribution >= 4 is 5.95 Å². The van der Waals surface area contributed by atoms with Crippen molar-refractivity contribution in [3.05, 3.63) is 18.0 Å². The van der Waals surface area contributed by atoms with Crippen LogP contribution in [0, 0.1) is 24.7 Å². The van der Waals surface area contributed by atoms with Crippen LogP contribution in [0.15, 0.2) is 12.3 Å². The SMILES string of the molecule is Cc1ccnc(NCC(C2CC2)C2CC2)n1. The van der Waals surface area contributed by atoms with Gasteiger partial charge in [-0.3, -0.25) is 0 Å². The van der Waals surface area contributed by atoms with E-state index in [2.05, 4.69) is 15.3 Å². The van der Waals surface area contributed by atoms with E-state index in [-0.39, 0.29) is 0 Å². The molecule has 0 aromatic carbocycles. The standard InChI is InChI=1S/C13H19N3/c1-9-6-7-14-13(16-9)15-8-12(10-2-3-10)11-4-5-11/h6-7,10-12H,2-5,8H2,1H3,(H,14,15,16). The number of rotatable bonds is 5. The molecule has 1 aromatic heterocycles. The Morgan fingerprint density at radius 3 is 2.56 bits per heavy atom. The quantitative estimate of drug-likeness (QED) is 0.824. The molecule has 0 unspecified atom stereocenters. The Balaban J connectivity index is 1.58. The molecule has 0 bridgehead atoms. The second-order valence-electron chi connectivity index (χ2n) is 5.24. The van der Waals surface area contributed by atoms with Crippen molar-refractivity contribution < 1.29 is 0 Å². The molecule has 2 fully saturated rings. The van der Waals surface area contributed by atoms with Crippen molar-refractivity contribution in [2.24, 2.45) is 17.8 Å². The number of anilines is 1. The molecule has 2 aliphatic rings. The Kier molecular flexibility index (Phi) is 2.54. The van der Waals surface area contributed by atoms with Crippen molar-refractivity contribution in [2.75, 3.05) is 11.9 Å².